The second-order valence-electron chi connectivity index (χ2n) is 5.83. The fraction of sp³-hybridized carbons (Fsp3) is 0.150. The maximum Gasteiger partial charge on any atom is 0.274 e. The molecule has 1 heterocycles. The Balaban J connectivity index is 1.66. The van der Waals surface area contributed by atoms with Crippen LogP contribution in [0.25, 0.3) is 5.69 Å². The van der Waals surface area contributed by atoms with Crippen LogP contribution < -0.4 is 10.3 Å². The Bertz CT molecular complexity index is 972. The molecule has 1 aromatic heterocycles. The molecule has 0 saturated carbocycles. The number of carbonyl (C=O) groups excluding carboxylic acids is 1. The molecular weight excluding hydrogens is 366 g/mol. The molecule has 138 valence electrons. The van der Waals surface area contributed by atoms with E-state index in [1.807, 2.05) is 6.07 Å². The largest absolute Gasteiger partial charge is 0.492 e. The number of nitrogens with zero attached hydrogens (tertiary/aromatic N) is 3. The number of hydrogen-bond donors (Lipinski definition) is 0. The number of amides is 1. The van der Waals surface area contributed by atoms with Gasteiger partial charge in [-0.3, -0.25) is 9.59 Å². The van der Waals surface area contributed by atoms with Crippen LogP contribution in [0.1, 0.15) is 10.5 Å². The average molecular weight is 384 g/mol. The molecule has 0 aliphatic heterocycles. The summed E-state index contributed by atoms with van der Waals surface area (Å²) in [6.45, 7) is 0.690. The van der Waals surface area contributed by atoms with Crippen LogP contribution in [0, 0.1) is 0 Å². The lowest BCUT2D eigenvalue weighted by Crippen LogP contribution is -2.33. The number of benzene rings is 2. The van der Waals surface area contributed by atoms with Crippen LogP contribution in [0.3, 0.4) is 0 Å². The van der Waals surface area contributed by atoms with Crippen LogP contribution in [0.4, 0.5) is 0 Å². The highest BCUT2D eigenvalue weighted by Crippen LogP contribution is 2.15. The third kappa shape index (κ3) is 4.74. The Morgan fingerprint density at radius 2 is 1.78 bits per heavy atom. The Labute approximate surface area is 161 Å². The second-order valence-corrected chi connectivity index (χ2v) is 6.27. The molecule has 0 atom stereocenters. The molecule has 1 amide bonds. The summed E-state index contributed by atoms with van der Waals surface area (Å²) < 4.78 is 6.82. The molecule has 0 N–H and O–H groups in total. The van der Waals surface area contributed by atoms with Crippen molar-refractivity contribution in [3.63, 3.8) is 0 Å². The van der Waals surface area contributed by atoms with Gasteiger partial charge in [0.05, 0.1) is 12.2 Å². The van der Waals surface area contributed by atoms with Crippen molar-refractivity contribution < 1.29 is 9.53 Å². The zero-order valence-electron chi connectivity index (χ0n) is 14.7. The maximum atomic E-state index is 12.6. The number of hydrogen-bond acceptors (Lipinski definition) is 4. The number of likely N-dealkylation sites (N-methyl/N-ethyl adjacent to an activating group) is 1. The van der Waals surface area contributed by atoms with Crippen molar-refractivity contribution in [3.8, 4) is 11.4 Å². The molecule has 3 aromatic rings. The first-order valence-electron chi connectivity index (χ1n) is 8.34. The van der Waals surface area contributed by atoms with Gasteiger partial charge in [0.2, 0.25) is 0 Å². The first-order valence-corrected chi connectivity index (χ1v) is 8.72. The van der Waals surface area contributed by atoms with E-state index in [0.29, 0.717) is 29.6 Å². The van der Waals surface area contributed by atoms with Gasteiger partial charge >= 0.3 is 0 Å². The van der Waals surface area contributed by atoms with Crippen molar-refractivity contribution in [2.45, 2.75) is 0 Å². The van der Waals surface area contributed by atoms with Crippen molar-refractivity contribution in [1.29, 1.82) is 0 Å². The molecule has 0 saturated heterocycles. The van der Waals surface area contributed by atoms with Crippen LogP contribution in [0.5, 0.6) is 5.75 Å². The van der Waals surface area contributed by atoms with Gasteiger partial charge in [0.25, 0.3) is 11.5 Å². The zero-order chi connectivity index (χ0) is 19.2. The van der Waals surface area contributed by atoms with Crippen molar-refractivity contribution >= 4 is 17.5 Å². The number of aromatic nitrogens is 2. The Morgan fingerprint density at radius 1 is 1.07 bits per heavy atom. The van der Waals surface area contributed by atoms with E-state index in [1.165, 1.54) is 21.7 Å². The third-order valence-corrected chi connectivity index (χ3v) is 4.13. The maximum absolute atomic E-state index is 12.6. The number of ether oxygens (including phenoxy) is 1. The van der Waals surface area contributed by atoms with E-state index in [4.69, 9.17) is 16.3 Å². The minimum absolute atomic E-state index is 0.187. The highest BCUT2D eigenvalue weighted by molar-refractivity contribution is 6.30. The molecule has 0 aliphatic rings. The van der Waals surface area contributed by atoms with Crippen LogP contribution in [0.15, 0.2) is 71.5 Å². The van der Waals surface area contributed by atoms with Crippen LogP contribution in [-0.4, -0.2) is 40.8 Å². The zero-order valence-corrected chi connectivity index (χ0v) is 15.5. The number of rotatable bonds is 6. The summed E-state index contributed by atoms with van der Waals surface area (Å²) >= 11 is 5.83. The predicted molar refractivity (Wildman–Crippen MR) is 104 cm³/mol. The smallest absolute Gasteiger partial charge is 0.274 e. The fourth-order valence-corrected chi connectivity index (χ4v) is 2.53. The van der Waals surface area contributed by atoms with Gasteiger partial charge in [-0.15, -0.1) is 0 Å². The van der Waals surface area contributed by atoms with Crippen LogP contribution in [-0.2, 0) is 0 Å². The van der Waals surface area contributed by atoms with Crippen molar-refractivity contribution in [1.82, 2.24) is 14.7 Å². The lowest BCUT2D eigenvalue weighted by molar-refractivity contribution is 0.0766. The van der Waals surface area contributed by atoms with E-state index < -0.39 is 0 Å². The molecule has 27 heavy (non-hydrogen) atoms. The standard InChI is InChI=1S/C20H18ClN3O3/c1-23(13-14-27-17-9-7-15(21)8-10-17)20(26)18-11-12-19(25)24(22-18)16-5-3-2-4-6-16/h2-12H,13-14H2,1H3. The lowest BCUT2D eigenvalue weighted by Gasteiger charge is -2.17. The Morgan fingerprint density at radius 3 is 2.48 bits per heavy atom. The third-order valence-electron chi connectivity index (χ3n) is 3.88. The molecule has 2 aromatic carbocycles. The predicted octanol–water partition coefficient (Wildman–Crippen LogP) is 3.04. The molecule has 0 spiro atoms. The Hall–Kier alpha value is -3.12. The molecule has 3 rings (SSSR count). The number of carbonyl (C=O) groups is 1. The van der Waals surface area contributed by atoms with Crippen molar-refractivity contribution in [3.05, 3.63) is 87.8 Å². The van der Waals surface area contributed by atoms with E-state index in [1.54, 1.807) is 55.6 Å². The van der Waals surface area contributed by atoms with E-state index >= 15 is 0 Å². The van der Waals surface area contributed by atoms with Crippen molar-refractivity contribution in [2.24, 2.45) is 0 Å². The van der Waals surface area contributed by atoms with Gasteiger partial charge in [0.1, 0.15) is 18.1 Å². The van der Waals surface area contributed by atoms with Gasteiger partial charge in [0, 0.05) is 18.1 Å². The van der Waals surface area contributed by atoms with E-state index in [2.05, 4.69) is 5.10 Å². The van der Waals surface area contributed by atoms with E-state index in [9.17, 15) is 9.59 Å². The number of para-hydroxylation sites is 1. The van der Waals surface area contributed by atoms with Gasteiger partial charge in [-0.1, -0.05) is 29.8 Å². The summed E-state index contributed by atoms with van der Waals surface area (Å²) in [7, 11) is 1.66. The minimum atomic E-state index is -0.300. The molecule has 0 radical (unpaired) electrons. The summed E-state index contributed by atoms with van der Waals surface area (Å²) in [4.78, 5) is 26.2. The molecule has 0 fully saturated rings. The minimum Gasteiger partial charge on any atom is -0.492 e. The first-order chi connectivity index (χ1) is 13.0. The first kappa shape index (κ1) is 18.7. The summed E-state index contributed by atoms with van der Waals surface area (Å²) in [5, 5.41) is 4.83. The van der Waals surface area contributed by atoms with Gasteiger partial charge in [-0.2, -0.15) is 9.78 Å². The highest BCUT2D eigenvalue weighted by atomic mass is 35.5. The van der Waals surface area contributed by atoms with Gasteiger partial charge in [0.15, 0.2) is 0 Å². The van der Waals surface area contributed by atoms with Crippen LogP contribution >= 0.6 is 11.6 Å². The van der Waals surface area contributed by atoms with Crippen LogP contribution in [0.2, 0.25) is 5.02 Å². The summed E-state index contributed by atoms with van der Waals surface area (Å²) in [6, 6.07) is 18.7. The molecule has 6 nitrogen and oxygen atoms in total. The average Bonchev–Trinajstić information content (AvgIpc) is 2.70. The fourth-order valence-electron chi connectivity index (χ4n) is 2.41. The van der Waals surface area contributed by atoms with E-state index in [-0.39, 0.29) is 17.2 Å². The topological polar surface area (TPSA) is 64.4 Å². The van der Waals surface area contributed by atoms with Gasteiger partial charge < -0.3 is 9.64 Å². The summed E-state index contributed by atoms with van der Waals surface area (Å²) in [5.74, 6) is 0.385. The molecule has 0 unspecified atom stereocenters. The second kappa shape index (κ2) is 8.51. The SMILES string of the molecule is CN(CCOc1ccc(Cl)cc1)C(=O)c1ccc(=O)n(-c2ccccc2)n1. The van der Waals surface area contributed by atoms with E-state index in [0.717, 1.165) is 0 Å². The number of halogens is 1. The normalized spacial score (nSPS) is 10.4. The lowest BCUT2D eigenvalue weighted by atomic mass is 10.3. The summed E-state index contributed by atoms with van der Waals surface area (Å²) in [6.07, 6.45) is 0. The molecular formula is C20H18ClN3O3. The quantitative estimate of drug-likeness (QED) is 0.656. The van der Waals surface area contributed by atoms with Crippen molar-refractivity contribution in [2.75, 3.05) is 20.2 Å². The van der Waals surface area contributed by atoms with Gasteiger partial charge in [-0.05, 0) is 42.5 Å². The highest BCUT2D eigenvalue weighted by Gasteiger charge is 2.15. The summed E-state index contributed by atoms with van der Waals surface area (Å²) in [5.41, 5.74) is 0.491. The monoisotopic (exact) mass is 383 g/mol. The van der Waals surface area contributed by atoms with Gasteiger partial charge in [-0.25, -0.2) is 0 Å². The molecule has 7 heteroatoms. The Kier molecular flexibility index (Phi) is 5.88. The molecule has 0 aliphatic carbocycles. The molecule has 0 bridgehead atoms.